The molecule has 2 N–H and O–H groups in total. The lowest BCUT2D eigenvalue weighted by Crippen LogP contribution is -2.43. The van der Waals surface area contributed by atoms with E-state index in [1.165, 1.54) is 44.9 Å². The topological polar surface area (TPSA) is 46.3 Å². The minimum atomic E-state index is -0.197. The van der Waals surface area contributed by atoms with Crippen LogP contribution in [0.2, 0.25) is 0 Å². The van der Waals surface area contributed by atoms with Crippen molar-refractivity contribution in [3.05, 3.63) is 0 Å². The van der Waals surface area contributed by atoms with Crippen LogP contribution in [0.3, 0.4) is 0 Å². The molecule has 0 aromatic carbocycles. The van der Waals surface area contributed by atoms with Crippen molar-refractivity contribution in [1.82, 2.24) is 4.90 Å². The highest BCUT2D eigenvalue weighted by Crippen LogP contribution is 2.31. The van der Waals surface area contributed by atoms with Crippen molar-refractivity contribution in [2.45, 2.75) is 69.7 Å². The standard InChI is InChI=1S/C15H28N2O/c1-17(12-13-7-3-2-4-8-13)14(18)11-15(16)9-5-6-10-15/h13H,2-12,16H2,1H3. The lowest BCUT2D eigenvalue weighted by atomic mass is 9.88. The molecule has 2 fully saturated rings. The predicted octanol–water partition coefficient (Wildman–Crippen LogP) is 2.69. The molecule has 0 aliphatic heterocycles. The number of amides is 1. The van der Waals surface area contributed by atoms with Crippen molar-refractivity contribution < 1.29 is 4.79 Å². The fourth-order valence-electron chi connectivity index (χ4n) is 3.55. The Morgan fingerprint density at radius 1 is 1.17 bits per heavy atom. The molecular weight excluding hydrogens is 224 g/mol. The van der Waals surface area contributed by atoms with Crippen molar-refractivity contribution in [1.29, 1.82) is 0 Å². The van der Waals surface area contributed by atoms with Gasteiger partial charge < -0.3 is 10.6 Å². The van der Waals surface area contributed by atoms with Crippen LogP contribution in [-0.2, 0) is 4.79 Å². The van der Waals surface area contributed by atoms with Crippen molar-refractivity contribution in [3.8, 4) is 0 Å². The smallest absolute Gasteiger partial charge is 0.224 e. The fraction of sp³-hybridized carbons (Fsp3) is 0.933. The first kappa shape index (κ1) is 13.9. The molecule has 3 nitrogen and oxygen atoms in total. The quantitative estimate of drug-likeness (QED) is 0.836. The van der Waals surface area contributed by atoms with Gasteiger partial charge in [0.25, 0.3) is 0 Å². The van der Waals surface area contributed by atoms with Gasteiger partial charge >= 0.3 is 0 Å². The number of nitrogens with zero attached hydrogens (tertiary/aromatic N) is 1. The summed E-state index contributed by atoms with van der Waals surface area (Å²) in [4.78, 5) is 14.2. The van der Waals surface area contributed by atoms with Crippen LogP contribution in [-0.4, -0.2) is 29.9 Å². The first-order chi connectivity index (χ1) is 8.59. The monoisotopic (exact) mass is 252 g/mol. The van der Waals surface area contributed by atoms with E-state index in [9.17, 15) is 4.79 Å². The maximum absolute atomic E-state index is 12.2. The van der Waals surface area contributed by atoms with Crippen molar-refractivity contribution in [2.24, 2.45) is 11.7 Å². The van der Waals surface area contributed by atoms with Gasteiger partial charge in [-0.05, 0) is 31.6 Å². The zero-order valence-corrected chi connectivity index (χ0v) is 11.8. The Labute approximate surface area is 111 Å². The highest BCUT2D eigenvalue weighted by Gasteiger charge is 2.33. The fourth-order valence-corrected chi connectivity index (χ4v) is 3.55. The minimum absolute atomic E-state index is 0.197. The Hall–Kier alpha value is -0.570. The summed E-state index contributed by atoms with van der Waals surface area (Å²) < 4.78 is 0. The van der Waals surface area contributed by atoms with Gasteiger partial charge in [0.2, 0.25) is 5.91 Å². The van der Waals surface area contributed by atoms with Gasteiger partial charge in [0.15, 0.2) is 0 Å². The van der Waals surface area contributed by atoms with E-state index in [-0.39, 0.29) is 11.4 Å². The average molecular weight is 252 g/mol. The van der Waals surface area contributed by atoms with Crippen molar-refractivity contribution in [3.63, 3.8) is 0 Å². The Balaban J connectivity index is 1.77. The second-order valence-electron chi connectivity index (χ2n) is 6.52. The second-order valence-corrected chi connectivity index (χ2v) is 6.52. The summed E-state index contributed by atoms with van der Waals surface area (Å²) in [6.07, 6.45) is 11.6. The Bertz CT molecular complexity index is 278. The number of nitrogens with two attached hydrogens (primary N) is 1. The first-order valence-corrected chi connectivity index (χ1v) is 7.62. The Morgan fingerprint density at radius 3 is 2.39 bits per heavy atom. The first-order valence-electron chi connectivity index (χ1n) is 7.62. The van der Waals surface area contributed by atoms with E-state index >= 15 is 0 Å². The molecule has 0 unspecified atom stereocenters. The van der Waals surface area contributed by atoms with Crippen LogP contribution < -0.4 is 5.73 Å². The Kier molecular flexibility index (Phi) is 4.66. The minimum Gasteiger partial charge on any atom is -0.345 e. The lowest BCUT2D eigenvalue weighted by Gasteiger charge is -2.30. The third kappa shape index (κ3) is 3.71. The largest absolute Gasteiger partial charge is 0.345 e. The molecule has 3 heteroatoms. The molecule has 18 heavy (non-hydrogen) atoms. The van der Waals surface area contributed by atoms with E-state index in [1.807, 2.05) is 11.9 Å². The van der Waals surface area contributed by atoms with Gasteiger partial charge in [0.1, 0.15) is 0 Å². The van der Waals surface area contributed by atoms with Crippen LogP contribution in [0.4, 0.5) is 0 Å². The molecule has 0 saturated heterocycles. The van der Waals surface area contributed by atoms with E-state index in [0.29, 0.717) is 6.42 Å². The van der Waals surface area contributed by atoms with Crippen LogP contribution in [0.1, 0.15) is 64.2 Å². The molecule has 0 spiro atoms. The number of carbonyl (C=O) groups excluding carboxylic acids is 1. The second kappa shape index (κ2) is 6.05. The zero-order valence-electron chi connectivity index (χ0n) is 11.8. The Morgan fingerprint density at radius 2 is 1.78 bits per heavy atom. The van der Waals surface area contributed by atoms with Crippen LogP contribution in [0.25, 0.3) is 0 Å². The molecule has 0 heterocycles. The molecule has 0 atom stereocenters. The summed E-state index contributed by atoms with van der Waals surface area (Å²) in [5.74, 6) is 0.981. The van der Waals surface area contributed by atoms with Gasteiger partial charge in [-0.1, -0.05) is 32.1 Å². The maximum atomic E-state index is 12.2. The molecular formula is C15H28N2O. The molecule has 0 aromatic rings. The molecule has 2 saturated carbocycles. The van der Waals surface area contributed by atoms with Crippen LogP contribution in [0.5, 0.6) is 0 Å². The van der Waals surface area contributed by atoms with Gasteiger partial charge in [-0.2, -0.15) is 0 Å². The molecule has 2 aliphatic carbocycles. The number of hydrogen-bond donors (Lipinski definition) is 1. The molecule has 104 valence electrons. The number of rotatable bonds is 4. The molecule has 0 aromatic heterocycles. The van der Waals surface area contributed by atoms with Crippen LogP contribution >= 0.6 is 0 Å². The average Bonchev–Trinajstić information content (AvgIpc) is 2.77. The normalized spacial score (nSPS) is 24.1. The molecule has 0 bridgehead atoms. The summed E-state index contributed by atoms with van der Waals surface area (Å²) in [7, 11) is 1.95. The summed E-state index contributed by atoms with van der Waals surface area (Å²) in [6, 6.07) is 0. The van der Waals surface area contributed by atoms with Gasteiger partial charge in [-0.25, -0.2) is 0 Å². The molecule has 1 amide bonds. The van der Waals surface area contributed by atoms with E-state index in [2.05, 4.69) is 0 Å². The third-order valence-electron chi connectivity index (χ3n) is 4.79. The summed E-state index contributed by atoms with van der Waals surface area (Å²) in [6.45, 7) is 0.939. The highest BCUT2D eigenvalue weighted by molar-refractivity contribution is 5.77. The lowest BCUT2D eigenvalue weighted by molar-refractivity contribution is -0.131. The molecule has 2 aliphatic rings. The molecule has 0 radical (unpaired) electrons. The highest BCUT2D eigenvalue weighted by atomic mass is 16.2. The van der Waals surface area contributed by atoms with Crippen molar-refractivity contribution in [2.75, 3.05) is 13.6 Å². The summed E-state index contributed by atoms with van der Waals surface area (Å²) in [5, 5.41) is 0. The van der Waals surface area contributed by atoms with E-state index in [0.717, 1.165) is 25.3 Å². The van der Waals surface area contributed by atoms with E-state index < -0.39 is 0 Å². The number of hydrogen-bond acceptors (Lipinski definition) is 2. The van der Waals surface area contributed by atoms with Crippen LogP contribution in [0.15, 0.2) is 0 Å². The number of carbonyl (C=O) groups is 1. The molecule has 2 rings (SSSR count). The maximum Gasteiger partial charge on any atom is 0.224 e. The zero-order chi connectivity index (χ0) is 13.0. The van der Waals surface area contributed by atoms with Crippen molar-refractivity contribution >= 4 is 5.91 Å². The summed E-state index contributed by atoms with van der Waals surface area (Å²) in [5.41, 5.74) is 6.09. The van der Waals surface area contributed by atoms with Crippen LogP contribution in [0, 0.1) is 5.92 Å². The van der Waals surface area contributed by atoms with Gasteiger partial charge in [0, 0.05) is 25.6 Å². The van der Waals surface area contributed by atoms with E-state index in [1.54, 1.807) is 0 Å². The third-order valence-corrected chi connectivity index (χ3v) is 4.79. The summed E-state index contributed by atoms with van der Waals surface area (Å²) >= 11 is 0. The predicted molar refractivity (Wildman–Crippen MR) is 74.2 cm³/mol. The van der Waals surface area contributed by atoms with Gasteiger partial charge in [0.05, 0.1) is 0 Å². The SMILES string of the molecule is CN(CC1CCCCC1)C(=O)CC1(N)CCCC1. The van der Waals surface area contributed by atoms with Gasteiger partial charge in [-0.3, -0.25) is 4.79 Å². The van der Waals surface area contributed by atoms with Gasteiger partial charge in [-0.15, -0.1) is 0 Å². The van der Waals surface area contributed by atoms with E-state index in [4.69, 9.17) is 5.73 Å².